The van der Waals surface area contributed by atoms with Gasteiger partial charge in [-0.25, -0.2) is 15.0 Å². The number of anilines is 3. The summed E-state index contributed by atoms with van der Waals surface area (Å²) in [5.74, 6) is 0.582. The third-order valence-electron chi connectivity index (χ3n) is 5.07. The Morgan fingerprint density at radius 2 is 1.79 bits per heavy atom. The van der Waals surface area contributed by atoms with Gasteiger partial charge in [0.25, 0.3) is 0 Å². The Morgan fingerprint density at radius 1 is 1.03 bits per heavy atom. The average Bonchev–Trinajstić information content (AvgIpc) is 3.08. The van der Waals surface area contributed by atoms with Crippen LogP contribution >= 0.6 is 11.3 Å². The Labute approximate surface area is 175 Å². The van der Waals surface area contributed by atoms with Crippen molar-refractivity contribution < 1.29 is 5.11 Å². The number of β-amino-alcohol motifs (C(OH)–C–C–N with tert-alkyl or cyclic N) is 1. The molecule has 7 nitrogen and oxygen atoms in total. The maximum absolute atomic E-state index is 9.07. The average molecular weight is 411 g/mol. The maximum atomic E-state index is 9.07. The summed E-state index contributed by atoms with van der Waals surface area (Å²) in [6, 6.07) is 10.3. The van der Waals surface area contributed by atoms with E-state index in [1.807, 2.05) is 19.9 Å². The summed E-state index contributed by atoms with van der Waals surface area (Å²) >= 11 is 1.65. The predicted molar refractivity (Wildman–Crippen MR) is 118 cm³/mol. The van der Waals surface area contributed by atoms with Crippen LogP contribution in [0.15, 0.2) is 36.5 Å². The van der Waals surface area contributed by atoms with E-state index < -0.39 is 0 Å². The van der Waals surface area contributed by atoms with Crippen LogP contribution in [0.1, 0.15) is 10.7 Å². The molecule has 0 radical (unpaired) electrons. The zero-order chi connectivity index (χ0) is 20.2. The molecule has 3 heterocycles. The van der Waals surface area contributed by atoms with Crippen LogP contribution in [0.3, 0.4) is 0 Å². The topological polar surface area (TPSA) is 77.4 Å². The Kier molecular flexibility index (Phi) is 6.03. The second kappa shape index (κ2) is 8.86. The number of thiazole rings is 1. The van der Waals surface area contributed by atoms with Crippen LogP contribution in [-0.4, -0.2) is 64.3 Å². The van der Waals surface area contributed by atoms with E-state index in [0.29, 0.717) is 5.95 Å². The first-order valence-electron chi connectivity index (χ1n) is 9.85. The summed E-state index contributed by atoms with van der Waals surface area (Å²) in [6.07, 6.45) is 1.78. The van der Waals surface area contributed by atoms with Crippen molar-refractivity contribution in [3.05, 3.63) is 47.2 Å². The fraction of sp³-hybridized carbons (Fsp3) is 0.381. The SMILES string of the molecule is Cc1nc(C)c(-c2ccnc(Nc3ccc(N4CCN(CCO)CC4)cc3)n2)s1. The summed E-state index contributed by atoms with van der Waals surface area (Å²) in [5, 5.41) is 13.4. The lowest BCUT2D eigenvalue weighted by molar-refractivity contribution is 0.189. The van der Waals surface area contributed by atoms with E-state index in [4.69, 9.17) is 5.11 Å². The molecule has 0 spiro atoms. The minimum Gasteiger partial charge on any atom is -0.395 e. The van der Waals surface area contributed by atoms with Crippen molar-refractivity contribution in [1.82, 2.24) is 19.9 Å². The highest BCUT2D eigenvalue weighted by Gasteiger charge is 2.16. The number of nitrogens with one attached hydrogen (secondary N) is 1. The minimum atomic E-state index is 0.228. The fourth-order valence-corrected chi connectivity index (χ4v) is 4.46. The van der Waals surface area contributed by atoms with Crippen molar-refractivity contribution >= 4 is 28.7 Å². The number of hydrogen-bond donors (Lipinski definition) is 2. The molecule has 1 aliphatic heterocycles. The van der Waals surface area contributed by atoms with Crippen LogP contribution in [0.4, 0.5) is 17.3 Å². The van der Waals surface area contributed by atoms with Gasteiger partial charge in [-0.2, -0.15) is 0 Å². The van der Waals surface area contributed by atoms with Crippen LogP contribution in [0.2, 0.25) is 0 Å². The van der Waals surface area contributed by atoms with Gasteiger partial charge in [0.1, 0.15) is 0 Å². The van der Waals surface area contributed by atoms with Crippen molar-refractivity contribution in [2.24, 2.45) is 0 Å². The van der Waals surface area contributed by atoms with E-state index in [1.54, 1.807) is 17.5 Å². The minimum absolute atomic E-state index is 0.228. The van der Waals surface area contributed by atoms with Crippen LogP contribution in [0, 0.1) is 13.8 Å². The van der Waals surface area contributed by atoms with Crippen LogP contribution in [-0.2, 0) is 0 Å². The molecule has 0 bridgehead atoms. The molecule has 1 saturated heterocycles. The molecule has 1 aromatic carbocycles. The molecule has 0 amide bonds. The number of nitrogens with zero attached hydrogens (tertiary/aromatic N) is 5. The first-order valence-corrected chi connectivity index (χ1v) is 10.7. The van der Waals surface area contributed by atoms with E-state index in [2.05, 4.69) is 54.3 Å². The first-order chi connectivity index (χ1) is 14.1. The molecule has 3 aromatic rings. The largest absolute Gasteiger partial charge is 0.395 e. The molecule has 0 saturated carbocycles. The Bertz CT molecular complexity index is 950. The van der Waals surface area contributed by atoms with Crippen molar-refractivity contribution in [1.29, 1.82) is 0 Å². The normalized spacial score (nSPS) is 14.9. The van der Waals surface area contributed by atoms with Gasteiger partial charge in [-0.3, -0.25) is 4.90 Å². The van der Waals surface area contributed by atoms with Gasteiger partial charge in [0.05, 0.1) is 27.9 Å². The Hall–Kier alpha value is -2.55. The van der Waals surface area contributed by atoms with Gasteiger partial charge >= 0.3 is 0 Å². The Morgan fingerprint density at radius 3 is 2.45 bits per heavy atom. The summed E-state index contributed by atoms with van der Waals surface area (Å²) in [5.41, 5.74) is 4.07. The van der Waals surface area contributed by atoms with Crippen LogP contribution in [0.5, 0.6) is 0 Å². The third-order valence-corrected chi connectivity index (χ3v) is 6.16. The number of aliphatic hydroxyl groups is 1. The van der Waals surface area contributed by atoms with Crippen molar-refractivity contribution in [3.8, 4) is 10.6 Å². The number of benzene rings is 1. The molecule has 29 heavy (non-hydrogen) atoms. The molecule has 2 N–H and O–H groups in total. The molecule has 8 heteroatoms. The summed E-state index contributed by atoms with van der Waals surface area (Å²) in [4.78, 5) is 19.3. The van der Waals surface area contributed by atoms with Crippen molar-refractivity contribution in [3.63, 3.8) is 0 Å². The van der Waals surface area contributed by atoms with E-state index >= 15 is 0 Å². The van der Waals surface area contributed by atoms with E-state index in [1.165, 1.54) is 5.69 Å². The molecule has 2 aromatic heterocycles. The third kappa shape index (κ3) is 4.72. The first kappa shape index (κ1) is 19.8. The van der Waals surface area contributed by atoms with Crippen molar-refractivity contribution in [2.75, 3.05) is 49.5 Å². The maximum Gasteiger partial charge on any atom is 0.227 e. The lowest BCUT2D eigenvalue weighted by Gasteiger charge is -2.35. The number of aromatic nitrogens is 3. The number of rotatable bonds is 6. The zero-order valence-corrected chi connectivity index (χ0v) is 17.6. The molecule has 4 rings (SSSR count). The standard InChI is InChI=1S/C21H26N6OS/c1-15-20(29-16(2)23-15)19-7-8-22-21(25-19)24-17-3-5-18(6-4-17)27-11-9-26(10-12-27)13-14-28/h3-8,28H,9-14H2,1-2H3,(H,22,24,25). The molecular weight excluding hydrogens is 384 g/mol. The summed E-state index contributed by atoms with van der Waals surface area (Å²) in [6.45, 7) is 8.93. The number of aryl methyl sites for hydroxylation is 2. The van der Waals surface area contributed by atoms with Gasteiger partial charge in [0.15, 0.2) is 0 Å². The lowest BCUT2D eigenvalue weighted by atomic mass is 10.2. The summed E-state index contributed by atoms with van der Waals surface area (Å²) < 4.78 is 0. The quantitative estimate of drug-likeness (QED) is 0.647. The van der Waals surface area contributed by atoms with E-state index in [-0.39, 0.29) is 6.61 Å². The van der Waals surface area contributed by atoms with Gasteiger partial charge in [-0.15, -0.1) is 11.3 Å². The van der Waals surface area contributed by atoms with Gasteiger partial charge in [-0.05, 0) is 44.2 Å². The molecule has 1 fully saturated rings. The molecule has 0 atom stereocenters. The lowest BCUT2D eigenvalue weighted by Crippen LogP contribution is -2.47. The van der Waals surface area contributed by atoms with E-state index in [0.717, 1.165) is 59.7 Å². The molecular formula is C21H26N6OS. The van der Waals surface area contributed by atoms with E-state index in [9.17, 15) is 0 Å². The van der Waals surface area contributed by atoms with Gasteiger partial charge in [-0.1, -0.05) is 0 Å². The molecule has 152 valence electrons. The van der Waals surface area contributed by atoms with Gasteiger partial charge in [0.2, 0.25) is 5.95 Å². The highest BCUT2D eigenvalue weighted by Crippen LogP contribution is 2.29. The number of aliphatic hydroxyl groups excluding tert-OH is 1. The van der Waals surface area contributed by atoms with Gasteiger partial charge < -0.3 is 15.3 Å². The van der Waals surface area contributed by atoms with Gasteiger partial charge in [0, 0.05) is 50.3 Å². The number of hydrogen-bond acceptors (Lipinski definition) is 8. The summed E-state index contributed by atoms with van der Waals surface area (Å²) in [7, 11) is 0. The zero-order valence-electron chi connectivity index (χ0n) is 16.8. The second-order valence-corrected chi connectivity index (χ2v) is 8.34. The number of piperazine rings is 1. The monoisotopic (exact) mass is 410 g/mol. The Balaban J connectivity index is 1.42. The van der Waals surface area contributed by atoms with Crippen LogP contribution in [0.25, 0.3) is 10.6 Å². The smallest absolute Gasteiger partial charge is 0.227 e. The molecule has 0 unspecified atom stereocenters. The second-order valence-electron chi connectivity index (χ2n) is 7.14. The highest BCUT2D eigenvalue weighted by molar-refractivity contribution is 7.15. The fourth-order valence-electron chi connectivity index (χ4n) is 3.57. The highest BCUT2D eigenvalue weighted by atomic mass is 32.1. The molecule has 1 aliphatic rings. The predicted octanol–water partition coefficient (Wildman–Crippen LogP) is 3.07. The van der Waals surface area contributed by atoms with Crippen LogP contribution < -0.4 is 10.2 Å². The molecule has 0 aliphatic carbocycles. The van der Waals surface area contributed by atoms with Crippen molar-refractivity contribution in [2.45, 2.75) is 13.8 Å².